The molecule has 0 aliphatic heterocycles. The molecule has 0 saturated heterocycles. The minimum Gasteiger partial charge on any atom is -0.208 e. The molecular weight excluding hydrogens is 703 g/mol. The topological polar surface area (TPSA) is 38.7 Å². The molecule has 0 N–H and O–H groups in total. The minimum atomic E-state index is 0.640. The van der Waals surface area contributed by atoms with Crippen LogP contribution in [0.25, 0.3) is 112 Å². The largest absolute Gasteiger partial charge is 0.208 e. The molecule has 58 heavy (non-hydrogen) atoms. The lowest BCUT2D eigenvalue weighted by molar-refractivity contribution is 1.07. The Balaban J connectivity index is 0.905. The van der Waals surface area contributed by atoms with Crippen molar-refractivity contribution < 1.29 is 0 Å². The summed E-state index contributed by atoms with van der Waals surface area (Å²) in [5.74, 6) is 1.93. The SMILES string of the molecule is c1ccc(-c2ccc(-c3nc(-c4ccccc4)nc(-c4ccc(-c5ccc(-c6ccccc6-c6ccc7c8c(cccc68)-c6ccccc6-7)cc5)cc4)n3)cc2)cc1. The van der Waals surface area contributed by atoms with Crippen LogP contribution in [0, 0.1) is 0 Å². The van der Waals surface area contributed by atoms with Crippen LogP contribution in [0.2, 0.25) is 0 Å². The third-order valence-corrected chi connectivity index (χ3v) is 11.4. The van der Waals surface area contributed by atoms with Gasteiger partial charge in [-0.1, -0.05) is 212 Å². The van der Waals surface area contributed by atoms with E-state index >= 15 is 0 Å². The molecule has 3 nitrogen and oxygen atoms in total. The van der Waals surface area contributed by atoms with Gasteiger partial charge < -0.3 is 0 Å². The van der Waals surface area contributed by atoms with E-state index in [1.54, 1.807) is 0 Å². The summed E-state index contributed by atoms with van der Waals surface area (Å²) in [4.78, 5) is 14.9. The van der Waals surface area contributed by atoms with Gasteiger partial charge in [-0.15, -0.1) is 0 Å². The number of benzene rings is 9. The number of fused-ring (bicyclic) bond motifs is 3. The molecule has 270 valence electrons. The lowest BCUT2D eigenvalue weighted by atomic mass is 9.89. The summed E-state index contributed by atoms with van der Waals surface area (Å²) in [6.45, 7) is 0. The van der Waals surface area contributed by atoms with Crippen LogP contribution in [0.15, 0.2) is 212 Å². The highest BCUT2D eigenvalue weighted by Crippen LogP contribution is 2.50. The van der Waals surface area contributed by atoms with E-state index in [0.717, 1.165) is 33.4 Å². The summed E-state index contributed by atoms with van der Waals surface area (Å²) in [6, 6.07) is 75.3. The molecule has 0 spiro atoms. The molecule has 0 fully saturated rings. The third-order valence-electron chi connectivity index (χ3n) is 11.4. The van der Waals surface area contributed by atoms with E-state index in [4.69, 9.17) is 15.0 Å². The lowest BCUT2D eigenvalue weighted by Crippen LogP contribution is -2.00. The second-order valence-electron chi connectivity index (χ2n) is 14.8. The molecular formula is C55H35N3. The Hall–Kier alpha value is -7.75. The normalized spacial score (nSPS) is 11.4. The Labute approximate surface area is 337 Å². The molecule has 0 unspecified atom stereocenters. The van der Waals surface area contributed by atoms with Crippen molar-refractivity contribution in [2.24, 2.45) is 0 Å². The van der Waals surface area contributed by atoms with E-state index in [9.17, 15) is 0 Å². The maximum absolute atomic E-state index is 5.00. The first-order valence-corrected chi connectivity index (χ1v) is 19.7. The van der Waals surface area contributed by atoms with Crippen LogP contribution in [-0.4, -0.2) is 15.0 Å². The van der Waals surface area contributed by atoms with E-state index in [2.05, 4.69) is 176 Å². The van der Waals surface area contributed by atoms with Crippen molar-refractivity contribution in [2.75, 3.05) is 0 Å². The maximum atomic E-state index is 5.00. The van der Waals surface area contributed by atoms with Crippen molar-refractivity contribution in [1.29, 1.82) is 0 Å². The first-order chi connectivity index (χ1) is 28.7. The molecule has 0 radical (unpaired) electrons. The van der Waals surface area contributed by atoms with Gasteiger partial charge in [0.2, 0.25) is 0 Å². The van der Waals surface area contributed by atoms with Gasteiger partial charge in [0.15, 0.2) is 17.5 Å². The smallest absolute Gasteiger partial charge is 0.164 e. The average Bonchev–Trinajstić information content (AvgIpc) is 3.64. The summed E-state index contributed by atoms with van der Waals surface area (Å²) in [7, 11) is 0. The Morgan fingerprint density at radius 1 is 0.190 bits per heavy atom. The van der Waals surface area contributed by atoms with E-state index in [0.29, 0.717) is 17.5 Å². The van der Waals surface area contributed by atoms with Gasteiger partial charge in [0.1, 0.15) is 0 Å². The van der Waals surface area contributed by atoms with Crippen LogP contribution in [0.5, 0.6) is 0 Å². The highest BCUT2D eigenvalue weighted by Gasteiger charge is 2.23. The second-order valence-corrected chi connectivity index (χ2v) is 14.8. The fourth-order valence-electron chi connectivity index (χ4n) is 8.46. The van der Waals surface area contributed by atoms with Gasteiger partial charge >= 0.3 is 0 Å². The predicted molar refractivity (Wildman–Crippen MR) is 240 cm³/mol. The van der Waals surface area contributed by atoms with Crippen LogP contribution < -0.4 is 0 Å². The van der Waals surface area contributed by atoms with Crippen LogP contribution in [0.4, 0.5) is 0 Å². The molecule has 3 heteroatoms. The van der Waals surface area contributed by atoms with Crippen molar-refractivity contribution in [2.45, 2.75) is 0 Å². The monoisotopic (exact) mass is 737 g/mol. The Morgan fingerprint density at radius 2 is 0.517 bits per heavy atom. The summed E-state index contributed by atoms with van der Waals surface area (Å²) in [6.07, 6.45) is 0. The minimum absolute atomic E-state index is 0.640. The highest BCUT2D eigenvalue weighted by molar-refractivity contribution is 6.19. The standard InChI is InChI=1S/C55H35N3/c1-3-12-36(13-4-1)37-24-30-42(31-25-37)54-56-53(41-14-5-2-6-15-41)57-55(58-54)43-32-26-39(27-33-43)38-22-28-40(29-23-38)44-16-7-8-17-45(44)48-34-35-51-47-19-10-9-18-46(47)49-20-11-21-50(48)52(49)51/h1-35H. The molecule has 0 bridgehead atoms. The first kappa shape index (κ1) is 33.6. The molecule has 1 heterocycles. The molecule has 11 rings (SSSR count). The number of hydrogen-bond acceptors (Lipinski definition) is 3. The fourth-order valence-corrected chi connectivity index (χ4v) is 8.46. The van der Waals surface area contributed by atoms with E-state index in [1.165, 1.54) is 60.8 Å². The number of nitrogens with zero attached hydrogens (tertiary/aromatic N) is 3. The predicted octanol–water partition coefficient (Wildman–Crippen LogP) is 14.3. The molecule has 0 atom stereocenters. The first-order valence-electron chi connectivity index (χ1n) is 19.7. The molecule has 0 amide bonds. The molecule has 10 aromatic rings. The van der Waals surface area contributed by atoms with Gasteiger partial charge in [-0.3, -0.25) is 0 Å². The second kappa shape index (κ2) is 14.1. The maximum Gasteiger partial charge on any atom is 0.164 e. The summed E-state index contributed by atoms with van der Waals surface area (Å²) in [5, 5.41) is 2.63. The average molecular weight is 738 g/mol. The van der Waals surface area contributed by atoms with Gasteiger partial charge in [0.25, 0.3) is 0 Å². The zero-order valence-electron chi connectivity index (χ0n) is 31.5. The van der Waals surface area contributed by atoms with Crippen molar-refractivity contribution in [1.82, 2.24) is 15.0 Å². The number of hydrogen-bond donors (Lipinski definition) is 0. The van der Waals surface area contributed by atoms with Crippen LogP contribution >= 0.6 is 0 Å². The molecule has 1 aromatic heterocycles. The van der Waals surface area contributed by atoms with Crippen molar-refractivity contribution in [3.05, 3.63) is 212 Å². The van der Waals surface area contributed by atoms with Crippen LogP contribution in [0.1, 0.15) is 0 Å². The van der Waals surface area contributed by atoms with E-state index in [1.807, 2.05) is 36.4 Å². The summed E-state index contributed by atoms with van der Waals surface area (Å²) in [5.41, 5.74) is 17.6. The Bertz CT molecular complexity index is 3090. The summed E-state index contributed by atoms with van der Waals surface area (Å²) < 4.78 is 0. The van der Waals surface area contributed by atoms with Gasteiger partial charge in [-0.25, -0.2) is 15.0 Å². The molecule has 9 aromatic carbocycles. The van der Waals surface area contributed by atoms with Crippen molar-refractivity contribution in [3.63, 3.8) is 0 Å². The van der Waals surface area contributed by atoms with Crippen molar-refractivity contribution >= 4 is 10.8 Å². The third kappa shape index (κ3) is 5.89. The Morgan fingerprint density at radius 3 is 1.03 bits per heavy atom. The van der Waals surface area contributed by atoms with E-state index in [-0.39, 0.29) is 0 Å². The molecule has 1 aliphatic rings. The zero-order valence-corrected chi connectivity index (χ0v) is 31.5. The Kier molecular flexibility index (Phi) is 8.15. The van der Waals surface area contributed by atoms with E-state index < -0.39 is 0 Å². The molecule has 0 saturated carbocycles. The van der Waals surface area contributed by atoms with Gasteiger partial charge in [-0.05, 0) is 77.5 Å². The van der Waals surface area contributed by atoms with Gasteiger partial charge in [0.05, 0.1) is 0 Å². The van der Waals surface area contributed by atoms with Gasteiger partial charge in [0, 0.05) is 16.7 Å². The molecule has 1 aliphatic carbocycles. The number of aromatic nitrogens is 3. The summed E-state index contributed by atoms with van der Waals surface area (Å²) >= 11 is 0. The fraction of sp³-hybridized carbons (Fsp3) is 0. The number of rotatable bonds is 7. The van der Waals surface area contributed by atoms with Gasteiger partial charge in [-0.2, -0.15) is 0 Å². The highest BCUT2D eigenvalue weighted by atomic mass is 15.0. The quantitative estimate of drug-likeness (QED) is 0.163. The van der Waals surface area contributed by atoms with Crippen LogP contribution in [-0.2, 0) is 0 Å². The zero-order chi connectivity index (χ0) is 38.4. The lowest BCUT2D eigenvalue weighted by Gasteiger charge is -2.14. The van der Waals surface area contributed by atoms with Crippen molar-refractivity contribution in [3.8, 4) is 101 Å². The van der Waals surface area contributed by atoms with Crippen LogP contribution in [0.3, 0.4) is 0 Å².